The summed E-state index contributed by atoms with van der Waals surface area (Å²) in [7, 11) is 1.67. The molecule has 4 rings (SSSR count). The number of carbonyl (C=O) groups excluding carboxylic acids is 1. The highest BCUT2D eigenvalue weighted by molar-refractivity contribution is 7.15. The van der Waals surface area contributed by atoms with Crippen LogP contribution in [0.4, 0.5) is 10.8 Å². The van der Waals surface area contributed by atoms with E-state index in [4.69, 9.17) is 4.74 Å². The highest BCUT2D eigenvalue weighted by Crippen LogP contribution is 2.32. The molecular formula is C22H27N5O2S. The van der Waals surface area contributed by atoms with Crippen LogP contribution in [0.25, 0.3) is 10.9 Å². The van der Waals surface area contributed by atoms with Crippen molar-refractivity contribution in [3.05, 3.63) is 35.5 Å². The number of aromatic nitrogens is 3. The molecule has 2 aromatic heterocycles. The summed E-state index contributed by atoms with van der Waals surface area (Å²) in [5, 5.41) is 13.9. The Hall–Kier alpha value is -2.74. The Balaban J connectivity index is 1.40. The highest BCUT2D eigenvalue weighted by atomic mass is 32.1. The molecule has 0 radical (unpaired) electrons. The first-order valence-electron chi connectivity index (χ1n) is 10.3. The fourth-order valence-electron chi connectivity index (χ4n) is 3.84. The number of hydrogen-bond acceptors (Lipinski definition) is 7. The number of methoxy groups -OCH3 is 1. The number of pyridine rings is 1. The van der Waals surface area contributed by atoms with Crippen molar-refractivity contribution in [2.75, 3.05) is 30.4 Å². The van der Waals surface area contributed by atoms with Gasteiger partial charge in [0.05, 0.1) is 12.6 Å². The molecule has 158 valence electrons. The number of fused-ring (bicyclic) bond motifs is 1. The molecule has 0 bridgehead atoms. The SMILES string of the molecule is COc1ccc2nccc(N3CCC(C(=O)Nc4nnc(CC(C)C)s4)CC3)c2c1. The largest absolute Gasteiger partial charge is 0.497 e. The highest BCUT2D eigenvalue weighted by Gasteiger charge is 2.26. The van der Waals surface area contributed by atoms with E-state index in [9.17, 15) is 4.79 Å². The molecule has 0 atom stereocenters. The van der Waals surface area contributed by atoms with Crippen LogP contribution < -0.4 is 15.0 Å². The van der Waals surface area contributed by atoms with Crippen molar-refractivity contribution in [3.8, 4) is 5.75 Å². The lowest BCUT2D eigenvalue weighted by Gasteiger charge is -2.33. The van der Waals surface area contributed by atoms with Gasteiger partial charge in [0.2, 0.25) is 11.0 Å². The molecule has 0 saturated carbocycles. The van der Waals surface area contributed by atoms with Gasteiger partial charge in [-0.25, -0.2) is 0 Å². The number of nitrogens with one attached hydrogen (secondary N) is 1. The van der Waals surface area contributed by atoms with Crippen LogP contribution in [0.5, 0.6) is 5.75 Å². The Labute approximate surface area is 180 Å². The molecule has 1 N–H and O–H groups in total. The van der Waals surface area contributed by atoms with Crippen LogP contribution in [0.1, 0.15) is 31.7 Å². The summed E-state index contributed by atoms with van der Waals surface area (Å²) in [6.07, 6.45) is 4.33. The second-order valence-corrected chi connectivity index (χ2v) is 9.12. The van der Waals surface area contributed by atoms with Gasteiger partial charge in [0.15, 0.2) is 0 Å². The number of rotatable bonds is 6. The van der Waals surface area contributed by atoms with E-state index in [1.807, 2.05) is 30.5 Å². The second-order valence-electron chi connectivity index (χ2n) is 8.06. The lowest BCUT2D eigenvalue weighted by Crippen LogP contribution is -2.38. The average Bonchev–Trinajstić information content (AvgIpc) is 3.18. The molecule has 3 heterocycles. The molecule has 7 nitrogen and oxygen atoms in total. The second kappa shape index (κ2) is 8.95. The van der Waals surface area contributed by atoms with Crippen LogP contribution in [0.2, 0.25) is 0 Å². The van der Waals surface area contributed by atoms with Crippen LogP contribution in [-0.4, -0.2) is 41.3 Å². The average molecular weight is 426 g/mol. The standard InChI is InChI=1S/C22H27N5O2S/c1-14(2)12-20-25-26-22(30-20)24-21(28)15-7-10-27(11-8-15)19-6-9-23-18-5-4-16(29-3)13-17(18)19/h4-6,9,13-15H,7-8,10-12H2,1-3H3,(H,24,26,28). The number of piperidine rings is 1. The molecule has 0 aliphatic carbocycles. The van der Waals surface area contributed by atoms with Gasteiger partial charge in [0, 0.05) is 42.7 Å². The lowest BCUT2D eigenvalue weighted by atomic mass is 9.95. The Morgan fingerprint density at radius 1 is 1.27 bits per heavy atom. The van der Waals surface area contributed by atoms with E-state index in [-0.39, 0.29) is 11.8 Å². The third kappa shape index (κ3) is 4.53. The van der Waals surface area contributed by atoms with E-state index >= 15 is 0 Å². The minimum atomic E-state index is -0.0127. The zero-order valence-corrected chi connectivity index (χ0v) is 18.4. The number of benzene rings is 1. The molecule has 0 spiro atoms. The summed E-state index contributed by atoms with van der Waals surface area (Å²) in [5.41, 5.74) is 2.09. The van der Waals surface area contributed by atoms with E-state index in [0.29, 0.717) is 11.0 Å². The summed E-state index contributed by atoms with van der Waals surface area (Å²) in [6, 6.07) is 7.98. The summed E-state index contributed by atoms with van der Waals surface area (Å²) in [4.78, 5) is 19.5. The summed E-state index contributed by atoms with van der Waals surface area (Å²) < 4.78 is 5.38. The van der Waals surface area contributed by atoms with Gasteiger partial charge >= 0.3 is 0 Å². The van der Waals surface area contributed by atoms with Gasteiger partial charge in [0.25, 0.3) is 0 Å². The maximum absolute atomic E-state index is 12.7. The number of nitrogens with zero attached hydrogens (tertiary/aromatic N) is 4. The number of amides is 1. The minimum absolute atomic E-state index is 0.0127. The maximum Gasteiger partial charge on any atom is 0.229 e. The molecule has 1 saturated heterocycles. The van der Waals surface area contributed by atoms with Gasteiger partial charge in [-0.15, -0.1) is 10.2 Å². The fraction of sp³-hybridized carbons (Fsp3) is 0.455. The molecule has 1 aromatic carbocycles. The van der Waals surface area contributed by atoms with Crippen LogP contribution >= 0.6 is 11.3 Å². The third-order valence-electron chi connectivity index (χ3n) is 5.41. The normalized spacial score (nSPS) is 15.0. The Morgan fingerprint density at radius 2 is 2.07 bits per heavy atom. The first-order valence-corrected chi connectivity index (χ1v) is 11.2. The fourth-order valence-corrected chi connectivity index (χ4v) is 4.79. The summed E-state index contributed by atoms with van der Waals surface area (Å²) in [5.74, 6) is 1.37. The van der Waals surface area contributed by atoms with E-state index in [0.717, 1.165) is 59.7 Å². The van der Waals surface area contributed by atoms with Gasteiger partial charge < -0.3 is 15.0 Å². The first-order chi connectivity index (χ1) is 14.5. The van der Waals surface area contributed by atoms with Crippen LogP contribution in [0, 0.1) is 11.8 Å². The maximum atomic E-state index is 12.7. The van der Waals surface area contributed by atoms with E-state index < -0.39 is 0 Å². The molecule has 1 fully saturated rings. The van der Waals surface area contributed by atoms with Gasteiger partial charge in [0.1, 0.15) is 10.8 Å². The molecular weight excluding hydrogens is 398 g/mol. The smallest absolute Gasteiger partial charge is 0.229 e. The zero-order chi connectivity index (χ0) is 21.1. The Bertz CT molecular complexity index is 1030. The number of ether oxygens (including phenoxy) is 1. The summed E-state index contributed by atoms with van der Waals surface area (Å²) in [6.45, 7) is 5.94. The lowest BCUT2D eigenvalue weighted by molar-refractivity contribution is -0.120. The van der Waals surface area contributed by atoms with Crippen molar-refractivity contribution in [1.82, 2.24) is 15.2 Å². The summed E-state index contributed by atoms with van der Waals surface area (Å²) >= 11 is 1.47. The van der Waals surface area contributed by atoms with Gasteiger partial charge in [-0.1, -0.05) is 25.2 Å². The van der Waals surface area contributed by atoms with E-state index in [1.165, 1.54) is 11.3 Å². The number of hydrogen-bond donors (Lipinski definition) is 1. The van der Waals surface area contributed by atoms with Crippen LogP contribution in [-0.2, 0) is 11.2 Å². The predicted octanol–water partition coefficient (Wildman–Crippen LogP) is 4.15. The first kappa shape index (κ1) is 20.5. The molecule has 8 heteroatoms. The van der Waals surface area contributed by atoms with Crippen LogP contribution in [0.3, 0.4) is 0 Å². The molecule has 3 aromatic rings. The van der Waals surface area contributed by atoms with Crippen molar-refractivity contribution in [2.24, 2.45) is 11.8 Å². The molecule has 1 aliphatic rings. The Morgan fingerprint density at radius 3 is 2.80 bits per heavy atom. The van der Waals surface area contributed by atoms with Gasteiger partial charge in [-0.05, 0) is 43.0 Å². The quantitative estimate of drug-likeness (QED) is 0.639. The predicted molar refractivity (Wildman–Crippen MR) is 120 cm³/mol. The Kier molecular flexibility index (Phi) is 6.13. The monoisotopic (exact) mass is 425 g/mol. The molecule has 1 aliphatic heterocycles. The van der Waals surface area contributed by atoms with Crippen molar-refractivity contribution >= 4 is 39.0 Å². The van der Waals surface area contributed by atoms with Crippen molar-refractivity contribution < 1.29 is 9.53 Å². The van der Waals surface area contributed by atoms with Crippen molar-refractivity contribution in [3.63, 3.8) is 0 Å². The van der Waals surface area contributed by atoms with E-state index in [1.54, 1.807) is 7.11 Å². The number of carbonyl (C=O) groups is 1. The number of anilines is 2. The van der Waals surface area contributed by atoms with Crippen molar-refractivity contribution in [2.45, 2.75) is 33.1 Å². The minimum Gasteiger partial charge on any atom is -0.497 e. The van der Waals surface area contributed by atoms with Gasteiger partial charge in [-0.2, -0.15) is 0 Å². The topological polar surface area (TPSA) is 80.2 Å². The van der Waals surface area contributed by atoms with Crippen molar-refractivity contribution in [1.29, 1.82) is 0 Å². The molecule has 30 heavy (non-hydrogen) atoms. The molecule has 0 unspecified atom stereocenters. The van der Waals surface area contributed by atoms with E-state index in [2.05, 4.69) is 39.2 Å². The third-order valence-corrected chi connectivity index (χ3v) is 6.27. The van der Waals surface area contributed by atoms with Gasteiger partial charge in [-0.3, -0.25) is 9.78 Å². The van der Waals surface area contributed by atoms with Crippen LogP contribution in [0.15, 0.2) is 30.5 Å². The zero-order valence-electron chi connectivity index (χ0n) is 17.6. The molecule has 1 amide bonds.